The van der Waals surface area contributed by atoms with E-state index in [0.29, 0.717) is 0 Å². The molecule has 0 bridgehead atoms. The van der Waals surface area contributed by atoms with Crippen LogP contribution in [0.5, 0.6) is 0 Å². The van der Waals surface area contributed by atoms with E-state index in [2.05, 4.69) is 6.07 Å². The van der Waals surface area contributed by atoms with Crippen LogP contribution in [0.3, 0.4) is 0 Å². The number of aryl methyl sites for hydroxylation is 2. The fourth-order valence-corrected chi connectivity index (χ4v) is 5.65. The predicted octanol–water partition coefficient (Wildman–Crippen LogP) is 2.75. The van der Waals surface area contributed by atoms with Gasteiger partial charge in [0.25, 0.3) is 0 Å². The average Bonchev–Trinajstić information content (AvgIpc) is 3.26. The Hall–Kier alpha value is -2.16. The SMILES string of the molecule is Cc1ccc(C2C(S(=O)(=O)c3ccc(C)cc3)C2(C#N)CO)cc1. The third-order valence-corrected chi connectivity index (χ3v) is 7.14. The second-order valence-electron chi connectivity index (χ2n) is 6.48. The van der Waals surface area contributed by atoms with Gasteiger partial charge in [0.2, 0.25) is 0 Å². The molecule has 1 N–H and O–H groups in total. The van der Waals surface area contributed by atoms with Gasteiger partial charge in [-0.05, 0) is 31.5 Å². The molecule has 3 rings (SSSR count). The first kappa shape index (κ1) is 16.7. The summed E-state index contributed by atoms with van der Waals surface area (Å²) in [4.78, 5) is 0.195. The lowest BCUT2D eigenvalue weighted by Gasteiger charge is -2.06. The smallest absolute Gasteiger partial charge is 0.183 e. The minimum Gasteiger partial charge on any atom is -0.395 e. The molecule has 0 radical (unpaired) electrons. The second kappa shape index (κ2) is 5.73. The van der Waals surface area contributed by atoms with Gasteiger partial charge < -0.3 is 5.11 Å². The number of hydrogen-bond acceptors (Lipinski definition) is 4. The fraction of sp³-hybridized carbons (Fsp3) is 0.316. The first-order valence-electron chi connectivity index (χ1n) is 7.76. The van der Waals surface area contributed by atoms with Crippen molar-refractivity contribution in [3.05, 3.63) is 65.2 Å². The molecule has 5 heteroatoms. The van der Waals surface area contributed by atoms with Gasteiger partial charge in [0.1, 0.15) is 5.41 Å². The largest absolute Gasteiger partial charge is 0.395 e. The molecule has 3 unspecified atom stereocenters. The first-order valence-corrected chi connectivity index (χ1v) is 9.30. The van der Waals surface area contributed by atoms with E-state index < -0.39 is 33.0 Å². The molecule has 0 amide bonds. The number of hydrogen-bond donors (Lipinski definition) is 1. The molecule has 1 fully saturated rings. The third kappa shape index (κ3) is 2.43. The highest BCUT2D eigenvalue weighted by molar-refractivity contribution is 7.92. The Morgan fingerprint density at radius 2 is 1.54 bits per heavy atom. The summed E-state index contributed by atoms with van der Waals surface area (Å²) >= 11 is 0. The maximum absolute atomic E-state index is 13.0. The Bertz CT molecular complexity index is 895. The molecule has 24 heavy (non-hydrogen) atoms. The Morgan fingerprint density at radius 1 is 1.04 bits per heavy atom. The Morgan fingerprint density at radius 3 is 2.00 bits per heavy atom. The van der Waals surface area contributed by atoms with Gasteiger partial charge in [-0.25, -0.2) is 8.42 Å². The Labute approximate surface area is 142 Å². The highest BCUT2D eigenvalue weighted by Gasteiger charge is 2.72. The Balaban J connectivity index is 2.06. The molecule has 2 aromatic rings. The van der Waals surface area contributed by atoms with Crippen molar-refractivity contribution in [2.45, 2.75) is 29.9 Å². The summed E-state index contributed by atoms with van der Waals surface area (Å²) in [7, 11) is -3.70. The van der Waals surface area contributed by atoms with Gasteiger partial charge in [-0.2, -0.15) is 5.26 Å². The zero-order valence-electron chi connectivity index (χ0n) is 13.6. The lowest BCUT2D eigenvalue weighted by Crippen LogP contribution is -2.18. The van der Waals surface area contributed by atoms with Gasteiger partial charge in [-0.3, -0.25) is 0 Å². The number of aliphatic hydroxyl groups is 1. The normalized spacial score (nSPS) is 25.9. The van der Waals surface area contributed by atoms with Gasteiger partial charge in [0.05, 0.1) is 22.8 Å². The monoisotopic (exact) mass is 341 g/mol. The van der Waals surface area contributed by atoms with Crippen LogP contribution in [-0.4, -0.2) is 25.4 Å². The van der Waals surface area contributed by atoms with Gasteiger partial charge in [0, 0.05) is 5.92 Å². The molecule has 3 atom stereocenters. The molecule has 2 aromatic carbocycles. The van der Waals surface area contributed by atoms with E-state index in [-0.39, 0.29) is 4.90 Å². The molecular formula is C19H19NO3S. The second-order valence-corrected chi connectivity index (χ2v) is 8.55. The van der Waals surface area contributed by atoms with E-state index in [1.807, 2.05) is 38.1 Å². The van der Waals surface area contributed by atoms with Crippen LogP contribution in [0.2, 0.25) is 0 Å². The van der Waals surface area contributed by atoms with Crippen LogP contribution in [-0.2, 0) is 9.84 Å². The van der Waals surface area contributed by atoms with Crippen LogP contribution in [0, 0.1) is 30.6 Å². The van der Waals surface area contributed by atoms with E-state index in [1.54, 1.807) is 24.3 Å². The van der Waals surface area contributed by atoms with Gasteiger partial charge in [0.15, 0.2) is 9.84 Å². The van der Waals surface area contributed by atoms with Crippen molar-refractivity contribution in [3.63, 3.8) is 0 Å². The number of aliphatic hydroxyl groups excluding tert-OH is 1. The highest BCUT2D eigenvalue weighted by Crippen LogP contribution is 2.63. The van der Waals surface area contributed by atoms with E-state index in [9.17, 15) is 18.8 Å². The molecule has 1 aliphatic carbocycles. The van der Waals surface area contributed by atoms with Crippen LogP contribution < -0.4 is 0 Å². The highest BCUT2D eigenvalue weighted by atomic mass is 32.2. The zero-order chi connectivity index (χ0) is 17.5. The van der Waals surface area contributed by atoms with Crippen LogP contribution in [0.15, 0.2) is 53.4 Å². The number of sulfone groups is 1. The molecule has 124 valence electrons. The van der Waals surface area contributed by atoms with E-state index in [4.69, 9.17) is 0 Å². The maximum atomic E-state index is 13.0. The van der Waals surface area contributed by atoms with Gasteiger partial charge in [-0.1, -0.05) is 47.5 Å². The average molecular weight is 341 g/mol. The summed E-state index contributed by atoms with van der Waals surface area (Å²) in [6.45, 7) is 3.36. The number of rotatable bonds is 4. The molecule has 0 spiro atoms. The summed E-state index contributed by atoms with van der Waals surface area (Å²) in [5.74, 6) is -0.514. The summed E-state index contributed by atoms with van der Waals surface area (Å²) in [6, 6.07) is 16.1. The predicted molar refractivity (Wildman–Crippen MR) is 91.2 cm³/mol. The quantitative estimate of drug-likeness (QED) is 0.927. The van der Waals surface area contributed by atoms with Gasteiger partial charge in [-0.15, -0.1) is 0 Å². The third-order valence-electron chi connectivity index (χ3n) is 4.85. The first-order chi connectivity index (χ1) is 11.4. The van der Waals surface area contributed by atoms with Crippen molar-refractivity contribution in [3.8, 4) is 6.07 Å². The summed E-state index contributed by atoms with van der Waals surface area (Å²) in [5, 5.41) is 18.4. The van der Waals surface area contributed by atoms with Crippen LogP contribution in [0.25, 0.3) is 0 Å². The molecule has 0 aromatic heterocycles. The molecule has 0 heterocycles. The topological polar surface area (TPSA) is 78.2 Å². The zero-order valence-corrected chi connectivity index (χ0v) is 14.4. The van der Waals surface area contributed by atoms with Crippen molar-refractivity contribution >= 4 is 9.84 Å². The summed E-state index contributed by atoms with van der Waals surface area (Å²) in [6.07, 6.45) is 0. The van der Waals surface area contributed by atoms with Crippen molar-refractivity contribution in [2.75, 3.05) is 6.61 Å². The van der Waals surface area contributed by atoms with E-state index in [1.165, 1.54) is 0 Å². The van der Waals surface area contributed by atoms with Gasteiger partial charge >= 0.3 is 0 Å². The summed E-state index contributed by atoms with van der Waals surface area (Å²) in [5.41, 5.74) is 1.52. The lowest BCUT2D eigenvalue weighted by atomic mass is 10.0. The number of benzene rings is 2. The molecular weight excluding hydrogens is 322 g/mol. The minimum atomic E-state index is -3.70. The molecule has 1 saturated carbocycles. The standard InChI is InChI=1S/C19H19NO3S/c1-13-3-7-15(8-4-13)17-18(19(17,11-20)12-21)24(22,23)16-9-5-14(2)6-10-16/h3-10,17-18,21H,12H2,1-2H3. The van der Waals surface area contributed by atoms with Crippen LogP contribution in [0.4, 0.5) is 0 Å². The maximum Gasteiger partial charge on any atom is 0.183 e. The van der Waals surface area contributed by atoms with Crippen LogP contribution >= 0.6 is 0 Å². The van der Waals surface area contributed by atoms with Crippen LogP contribution in [0.1, 0.15) is 22.6 Å². The van der Waals surface area contributed by atoms with Crippen molar-refractivity contribution in [1.29, 1.82) is 5.26 Å². The minimum absolute atomic E-state index is 0.195. The molecule has 0 saturated heterocycles. The van der Waals surface area contributed by atoms with Crippen molar-refractivity contribution < 1.29 is 13.5 Å². The van der Waals surface area contributed by atoms with Crippen molar-refractivity contribution in [2.24, 2.45) is 5.41 Å². The number of nitriles is 1. The lowest BCUT2D eigenvalue weighted by molar-refractivity contribution is 0.242. The Kier molecular flexibility index (Phi) is 3.98. The molecule has 4 nitrogen and oxygen atoms in total. The van der Waals surface area contributed by atoms with Crippen molar-refractivity contribution in [1.82, 2.24) is 0 Å². The fourth-order valence-electron chi connectivity index (χ4n) is 3.34. The summed E-state index contributed by atoms with van der Waals surface area (Å²) < 4.78 is 26.1. The van der Waals surface area contributed by atoms with E-state index >= 15 is 0 Å². The molecule has 1 aliphatic rings. The van der Waals surface area contributed by atoms with E-state index in [0.717, 1.165) is 16.7 Å². The molecule has 0 aliphatic heterocycles. The number of nitrogens with zero attached hydrogens (tertiary/aromatic N) is 1.